The van der Waals surface area contributed by atoms with Crippen LogP contribution in [0.3, 0.4) is 0 Å². The van der Waals surface area contributed by atoms with Crippen LogP contribution in [-0.4, -0.2) is 43.2 Å². The van der Waals surface area contributed by atoms with Crippen molar-refractivity contribution in [3.63, 3.8) is 0 Å². The zero-order valence-corrected chi connectivity index (χ0v) is 10.5. The van der Waals surface area contributed by atoms with Crippen molar-refractivity contribution in [2.75, 3.05) is 25.2 Å². The van der Waals surface area contributed by atoms with Gasteiger partial charge >= 0.3 is 5.97 Å². The van der Waals surface area contributed by atoms with Gasteiger partial charge in [-0.2, -0.15) is 14.7 Å². The van der Waals surface area contributed by atoms with Gasteiger partial charge in [-0.15, -0.1) is 23.2 Å². The molecule has 0 bridgehead atoms. The van der Waals surface area contributed by atoms with E-state index in [2.05, 4.69) is 4.89 Å². The molecule has 0 N–H and O–H groups in total. The van der Waals surface area contributed by atoms with Gasteiger partial charge in [0.25, 0.3) is 0 Å². The van der Waals surface area contributed by atoms with Crippen LogP contribution in [0.5, 0.6) is 0 Å². The Balaban J connectivity index is 1.87. The third-order valence-electron chi connectivity index (χ3n) is 2.04. The van der Waals surface area contributed by atoms with Crippen LogP contribution in [0.1, 0.15) is 6.92 Å². The molecule has 0 amide bonds. The summed E-state index contributed by atoms with van der Waals surface area (Å²) >= 11 is 11.4. The molecule has 0 radical (unpaired) electrons. The summed E-state index contributed by atoms with van der Waals surface area (Å²) in [5, 5.41) is 0. The van der Waals surface area contributed by atoms with Crippen molar-refractivity contribution in [2.45, 2.75) is 25.0 Å². The highest BCUT2D eigenvalue weighted by Crippen LogP contribution is 2.35. The first-order chi connectivity index (χ1) is 8.11. The van der Waals surface area contributed by atoms with Gasteiger partial charge in [0.1, 0.15) is 12.5 Å². The highest BCUT2D eigenvalue weighted by atomic mass is 35.5. The molecule has 0 aromatic carbocycles. The van der Waals surface area contributed by atoms with Gasteiger partial charge < -0.3 is 9.47 Å². The van der Waals surface area contributed by atoms with Crippen molar-refractivity contribution in [1.82, 2.24) is 0 Å². The molecule has 2 aliphatic heterocycles. The number of ether oxygens (including phenoxy) is 3. The summed E-state index contributed by atoms with van der Waals surface area (Å²) < 4.78 is 15.7. The number of hydrogen-bond donors (Lipinski definition) is 0. The second-order valence-electron chi connectivity index (χ2n) is 3.59. The standard InChI is InChI=1S/C8H12Cl2O7/c1-7(3-9)15-8(4-10,17-16-7)12-2-6-11-5-13-14-6/h6H,2-5H2,1H3/t6?,7-,8-/m1/s1. The molecule has 3 atom stereocenters. The lowest BCUT2D eigenvalue weighted by atomic mass is 10.4. The van der Waals surface area contributed by atoms with E-state index in [4.69, 9.17) is 52.1 Å². The van der Waals surface area contributed by atoms with Gasteiger partial charge in [-0.05, 0) is 6.92 Å². The first-order valence-electron chi connectivity index (χ1n) is 4.84. The summed E-state index contributed by atoms with van der Waals surface area (Å²) in [7, 11) is 0. The smallest absolute Gasteiger partial charge is 0.319 e. The predicted molar refractivity (Wildman–Crippen MR) is 53.7 cm³/mol. The lowest BCUT2D eigenvalue weighted by Crippen LogP contribution is -2.41. The van der Waals surface area contributed by atoms with E-state index in [0.717, 1.165) is 0 Å². The third kappa shape index (κ3) is 3.19. The average molecular weight is 291 g/mol. The summed E-state index contributed by atoms with van der Waals surface area (Å²) in [5.41, 5.74) is 0. The van der Waals surface area contributed by atoms with Crippen LogP contribution in [0.4, 0.5) is 0 Å². The minimum atomic E-state index is -1.53. The van der Waals surface area contributed by atoms with Crippen molar-refractivity contribution in [3.8, 4) is 0 Å². The molecule has 2 fully saturated rings. The first-order valence-corrected chi connectivity index (χ1v) is 5.91. The van der Waals surface area contributed by atoms with E-state index in [9.17, 15) is 0 Å². The fourth-order valence-electron chi connectivity index (χ4n) is 1.21. The van der Waals surface area contributed by atoms with Crippen molar-refractivity contribution < 1.29 is 33.8 Å². The van der Waals surface area contributed by atoms with Crippen LogP contribution >= 0.6 is 23.2 Å². The molecule has 0 saturated carbocycles. The molecule has 2 rings (SSSR count). The van der Waals surface area contributed by atoms with Crippen LogP contribution in [0.15, 0.2) is 0 Å². The quantitative estimate of drug-likeness (QED) is 0.555. The van der Waals surface area contributed by atoms with Crippen LogP contribution in [0, 0.1) is 0 Å². The van der Waals surface area contributed by atoms with Crippen molar-refractivity contribution in [1.29, 1.82) is 0 Å². The van der Waals surface area contributed by atoms with Gasteiger partial charge in [0.15, 0.2) is 6.79 Å². The number of hydrogen-bond acceptors (Lipinski definition) is 7. The Morgan fingerprint density at radius 1 is 1.29 bits per heavy atom. The van der Waals surface area contributed by atoms with Crippen LogP contribution < -0.4 is 0 Å². The maximum absolute atomic E-state index is 5.72. The Bertz CT molecular complexity index is 262. The van der Waals surface area contributed by atoms with E-state index < -0.39 is 18.1 Å². The Morgan fingerprint density at radius 3 is 2.65 bits per heavy atom. The zero-order chi connectivity index (χ0) is 12.4. The largest absolute Gasteiger partial charge is 0.328 e. The fourth-order valence-corrected chi connectivity index (χ4v) is 1.49. The van der Waals surface area contributed by atoms with Crippen molar-refractivity contribution in [3.05, 3.63) is 0 Å². The number of alkyl halides is 2. The first kappa shape index (κ1) is 13.7. The Labute approximate surface area is 108 Å². The Morgan fingerprint density at radius 2 is 2.12 bits per heavy atom. The topological polar surface area (TPSA) is 64.6 Å². The van der Waals surface area contributed by atoms with E-state index in [1.807, 2.05) is 0 Å². The Kier molecular flexibility index (Phi) is 4.45. The minimum absolute atomic E-state index is 0.00838. The van der Waals surface area contributed by atoms with Crippen molar-refractivity contribution in [2.24, 2.45) is 0 Å². The predicted octanol–water partition coefficient (Wildman–Crippen LogP) is 1.09. The number of halogens is 2. The van der Waals surface area contributed by atoms with Gasteiger partial charge in [0.05, 0.1) is 5.88 Å². The summed E-state index contributed by atoms with van der Waals surface area (Å²) in [6.07, 6.45) is -0.662. The third-order valence-corrected chi connectivity index (χ3v) is 2.85. The van der Waals surface area contributed by atoms with Gasteiger partial charge in [-0.25, -0.2) is 4.89 Å². The second-order valence-corrected chi connectivity index (χ2v) is 4.13. The fraction of sp³-hybridized carbons (Fsp3) is 1.00. The number of rotatable bonds is 5. The maximum atomic E-state index is 5.72. The molecule has 2 saturated heterocycles. The molecule has 2 heterocycles. The minimum Gasteiger partial charge on any atom is -0.319 e. The molecule has 2 aliphatic rings. The summed E-state index contributed by atoms with van der Waals surface area (Å²) in [4.78, 5) is 19.1. The van der Waals surface area contributed by atoms with Gasteiger partial charge in [0.2, 0.25) is 12.1 Å². The molecule has 0 aliphatic carbocycles. The van der Waals surface area contributed by atoms with E-state index in [1.54, 1.807) is 6.92 Å². The molecular weight excluding hydrogens is 279 g/mol. The zero-order valence-electron chi connectivity index (χ0n) is 9.02. The average Bonchev–Trinajstić information content (AvgIpc) is 2.96. The highest BCUT2D eigenvalue weighted by Gasteiger charge is 2.51. The van der Waals surface area contributed by atoms with Gasteiger partial charge in [-0.1, -0.05) is 0 Å². The maximum Gasteiger partial charge on any atom is 0.328 e. The Hall–Kier alpha value is 0.300. The van der Waals surface area contributed by atoms with Crippen LogP contribution in [0.25, 0.3) is 0 Å². The second kappa shape index (κ2) is 5.52. The normalized spacial score (nSPS) is 42.2. The highest BCUT2D eigenvalue weighted by molar-refractivity contribution is 6.18. The molecule has 0 spiro atoms. The van der Waals surface area contributed by atoms with Gasteiger partial charge in [-0.3, -0.25) is 4.74 Å². The molecule has 9 heteroatoms. The molecule has 1 unspecified atom stereocenters. The summed E-state index contributed by atoms with van der Waals surface area (Å²) in [5.74, 6) is -2.67. The van der Waals surface area contributed by atoms with E-state index in [0.29, 0.717) is 0 Å². The molecule has 7 nitrogen and oxygen atoms in total. The SMILES string of the molecule is C[C@]1(CCl)OO[C@](CCl)(OCC2OCOO2)O1. The van der Waals surface area contributed by atoms with Crippen molar-refractivity contribution >= 4 is 23.2 Å². The van der Waals surface area contributed by atoms with E-state index >= 15 is 0 Å². The molecule has 0 aromatic heterocycles. The molecule has 100 valence electrons. The van der Waals surface area contributed by atoms with E-state index in [1.165, 1.54) is 0 Å². The van der Waals surface area contributed by atoms with E-state index in [-0.39, 0.29) is 25.2 Å². The molecular formula is C8H12Cl2O7. The van der Waals surface area contributed by atoms with Crippen LogP contribution in [-0.2, 0) is 33.8 Å². The van der Waals surface area contributed by atoms with Gasteiger partial charge in [0, 0.05) is 0 Å². The monoisotopic (exact) mass is 290 g/mol. The molecule has 0 aromatic rings. The molecule has 17 heavy (non-hydrogen) atoms. The summed E-state index contributed by atoms with van der Waals surface area (Å²) in [6.45, 7) is 1.65. The van der Waals surface area contributed by atoms with Crippen LogP contribution in [0.2, 0.25) is 0 Å². The lowest BCUT2D eigenvalue weighted by molar-refractivity contribution is -0.416. The lowest BCUT2D eigenvalue weighted by Gasteiger charge is -2.24. The summed E-state index contributed by atoms with van der Waals surface area (Å²) in [6, 6.07) is 0.